The van der Waals surface area contributed by atoms with Crippen LogP contribution >= 0.6 is 12.4 Å². The van der Waals surface area contributed by atoms with Gasteiger partial charge in [-0.25, -0.2) is 0 Å². The Balaban J connectivity index is 0.00000161. The summed E-state index contributed by atoms with van der Waals surface area (Å²) in [6.07, 6.45) is 2.84. The molecule has 1 aromatic rings. The molecule has 1 aromatic heterocycles. The average Bonchev–Trinajstić information content (AvgIpc) is 3.10. The van der Waals surface area contributed by atoms with Crippen molar-refractivity contribution in [3.8, 4) is 0 Å². The van der Waals surface area contributed by atoms with Gasteiger partial charge >= 0.3 is 0 Å². The van der Waals surface area contributed by atoms with Gasteiger partial charge in [-0.05, 0) is 24.2 Å². The maximum Gasteiger partial charge on any atom is 0.276 e. The maximum atomic E-state index is 12.4. The first-order valence-electron chi connectivity index (χ1n) is 7.53. The molecule has 2 saturated heterocycles. The third kappa shape index (κ3) is 3.55. The molecule has 7 heteroatoms. The van der Waals surface area contributed by atoms with Gasteiger partial charge in [0.15, 0.2) is 5.69 Å². The minimum Gasteiger partial charge on any atom is -0.337 e. The first-order chi connectivity index (χ1) is 9.63. The first-order valence-corrected chi connectivity index (χ1v) is 7.53. The number of carbonyl (C=O) groups excluding carboxylic acids is 1. The number of carbonyl (C=O) groups is 1. The number of rotatable bonds is 4. The summed E-state index contributed by atoms with van der Waals surface area (Å²) < 4.78 is 1.78. The van der Waals surface area contributed by atoms with Gasteiger partial charge < -0.3 is 10.2 Å². The number of amides is 1. The molecule has 0 aromatic carbocycles. The van der Waals surface area contributed by atoms with Crippen LogP contribution in [0.2, 0.25) is 0 Å². The van der Waals surface area contributed by atoms with E-state index in [2.05, 4.69) is 29.5 Å². The van der Waals surface area contributed by atoms with Crippen molar-refractivity contribution in [2.24, 2.45) is 17.8 Å². The van der Waals surface area contributed by atoms with Gasteiger partial charge in [0, 0.05) is 32.7 Å². The normalized spacial score (nSPS) is 24.2. The molecule has 2 atom stereocenters. The Morgan fingerprint density at radius 3 is 2.67 bits per heavy atom. The number of fused-ring (bicyclic) bond motifs is 1. The molecule has 1 N–H and O–H groups in total. The molecular weight excluding hydrogens is 290 g/mol. The van der Waals surface area contributed by atoms with E-state index < -0.39 is 0 Å². The van der Waals surface area contributed by atoms with Crippen molar-refractivity contribution in [3.05, 3.63) is 11.9 Å². The molecule has 3 heterocycles. The van der Waals surface area contributed by atoms with Crippen LogP contribution in [0.5, 0.6) is 0 Å². The summed E-state index contributed by atoms with van der Waals surface area (Å²) in [5, 5.41) is 11.5. The second kappa shape index (κ2) is 6.75. The lowest BCUT2D eigenvalue weighted by molar-refractivity contribution is 0.0775. The molecule has 6 nitrogen and oxygen atoms in total. The summed E-state index contributed by atoms with van der Waals surface area (Å²) in [4.78, 5) is 14.4. The second-order valence-electron chi connectivity index (χ2n) is 6.44. The van der Waals surface area contributed by atoms with E-state index in [1.165, 1.54) is 0 Å². The van der Waals surface area contributed by atoms with Gasteiger partial charge in [-0.3, -0.25) is 9.48 Å². The highest BCUT2D eigenvalue weighted by atomic mass is 35.5. The van der Waals surface area contributed by atoms with Crippen LogP contribution in [0, 0.1) is 17.8 Å². The van der Waals surface area contributed by atoms with E-state index in [1.54, 1.807) is 10.9 Å². The SMILES string of the molecule is CC(C)CCn1cc(C(=O)N2C[C@H]3CNC[C@H]3C2)nn1.Cl. The fourth-order valence-corrected chi connectivity index (χ4v) is 3.08. The van der Waals surface area contributed by atoms with E-state index >= 15 is 0 Å². The van der Waals surface area contributed by atoms with E-state index in [-0.39, 0.29) is 18.3 Å². The van der Waals surface area contributed by atoms with Gasteiger partial charge in [-0.2, -0.15) is 0 Å². The molecule has 0 radical (unpaired) electrons. The number of nitrogens with one attached hydrogen (secondary N) is 1. The Kier molecular flexibility index (Phi) is 5.22. The molecule has 0 unspecified atom stereocenters. The molecule has 118 valence electrons. The lowest BCUT2D eigenvalue weighted by Crippen LogP contribution is -2.32. The standard InChI is InChI=1S/C14H23N5O.ClH/c1-10(2)3-4-19-9-13(16-17-19)14(20)18-7-11-5-15-6-12(11)8-18;/h9-12,15H,3-8H2,1-2H3;1H/t11-,12+;. The molecule has 0 aliphatic carbocycles. The van der Waals surface area contributed by atoms with Crippen LogP contribution in [0.4, 0.5) is 0 Å². The van der Waals surface area contributed by atoms with E-state index in [0.29, 0.717) is 23.4 Å². The quantitative estimate of drug-likeness (QED) is 0.902. The lowest BCUT2D eigenvalue weighted by Gasteiger charge is -2.15. The zero-order valence-electron chi connectivity index (χ0n) is 12.7. The summed E-state index contributed by atoms with van der Waals surface area (Å²) in [7, 11) is 0. The Morgan fingerprint density at radius 1 is 1.38 bits per heavy atom. The number of hydrogen-bond acceptors (Lipinski definition) is 4. The van der Waals surface area contributed by atoms with E-state index in [9.17, 15) is 4.79 Å². The van der Waals surface area contributed by atoms with Gasteiger partial charge in [0.2, 0.25) is 0 Å². The Hall–Kier alpha value is -1.14. The highest BCUT2D eigenvalue weighted by molar-refractivity contribution is 5.92. The fraction of sp³-hybridized carbons (Fsp3) is 0.786. The van der Waals surface area contributed by atoms with Crippen LogP contribution in [0.25, 0.3) is 0 Å². The molecule has 0 saturated carbocycles. The summed E-state index contributed by atoms with van der Waals surface area (Å²) >= 11 is 0. The van der Waals surface area contributed by atoms with Crippen molar-refractivity contribution in [1.29, 1.82) is 0 Å². The zero-order chi connectivity index (χ0) is 14.1. The van der Waals surface area contributed by atoms with Crippen LogP contribution in [-0.4, -0.2) is 52.0 Å². The third-order valence-electron chi connectivity index (χ3n) is 4.37. The molecule has 0 bridgehead atoms. The summed E-state index contributed by atoms with van der Waals surface area (Å²) in [6, 6.07) is 0. The minimum atomic E-state index is 0. The fourth-order valence-electron chi connectivity index (χ4n) is 3.08. The minimum absolute atomic E-state index is 0. The van der Waals surface area contributed by atoms with Gasteiger partial charge in [0.1, 0.15) is 0 Å². The predicted molar refractivity (Wildman–Crippen MR) is 82.5 cm³/mol. The molecule has 2 fully saturated rings. The number of likely N-dealkylation sites (tertiary alicyclic amines) is 1. The van der Waals surface area contributed by atoms with E-state index in [1.807, 2.05) is 4.90 Å². The zero-order valence-corrected chi connectivity index (χ0v) is 13.5. The lowest BCUT2D eigenvalue weighted by atomic mass is 10.0. The number of aryl methyl sites for hydroxylation is 1. The molecule has 21 heavy (non-hydrogen) atoms. The molecule has 3 rings (SSSR count). The summed E-state index contributed by atoms with van der Waals surface area (Å²) in [5.74, 6) is 1.91. The van der Waals surface area contributed by atoms with Crippen molar-refractivity contribution < 1.29 is 4.79 Å². The first kappa shape index (κ1) is 16.2. The van der Waals surface area contributed by atoms with Gasteiger partial charge in [0.25, 0.3) is 5.91 Å². The van der Waals surface area contributed by atoms with Gasteiger partial charge in [-0.1, -0.05) is 19.1 Å². The maximum absolute atomic E-state index is 12.4. The molecule has 0 spiro atoms. The Morgan fingerprint density at radius 2 is 2.05 bits per heavy atom. The van der Waals surface area contributed by atoms with Crippen molar-refractivity contribution >= 4 is 18.3 Å². The van der Waals surface area contributed by atoms with Crippen LogP contribution in [0.3, 0.4) is 0 Å². The highest BCUT2D eigenvalue weighted by Gasteiger charge is 2.38. The monoisotopic (exact) mass is 313 g/mol. The average molecular weight is 314 g/mol. The van der Waals surface area contributed by atoms with Crippen molar-refractivity contribution in [2.45, 2.75) is 26.8 Å². The predicted octanol–water partition coefficient (Wildman–Crippen LogP) is 1.04. The Bertz CT molecular complexity index is 477. The highest BCUT2D eigenvalue weighted by Crippen LogP contribution is 2.27. The molecule has 2 aliphatic rings. The summed E-state index contributed by atoms with van der Waals surface area (Å²) in [6.45, 7) is 8.98. The number of nitrogens with zero attached hydrogens (tertiary/aromatic N) is 4. The van der Waals surface area contributed by atoms with Gasteiger partial charge in [0.05, 0.1) is 6.20 Å². The number of aromatic nitrogens is 3. The van der Waals surface area contributed by atoms with Crippen molar-refractivity contribution in [3.63, 3.8) is 0 Å². The smallest absolute Gasteiger partial charge is 0.276 e. The summed E-state index contributed by atoms with van der Waals surface area (Å²) in [5.41, 5.74) is 0.488. The van der Waals surface area contributed by atoms with E-state index in [4.69, 9.17) is 0 Å². The van der Waals surface area contributed by atoms with Crippen molar-refractivity contribution in [2.75, 3.05) is 26.2 Å². The van der Waals surface area contributed by atoms with Crippen LogP contribution < -0.4 is 5.32 Å². The number of hydrogen-bond donors (Lipinski definition) is 1. The van der Waals surface area contributed by atoms with E-state index in [0.717, 1.165) is 39.1 Å². The molecule has 1 amide bonds. The molecular formula is C14H24ClN5O. The third-order valence-corrected chi connectivity index (χ3v) is 4.37. The van der Waals surface area contributed by atoms with Crippen molar-refractivity contribution in [1.82, 2.24) is 25.2 Å². The van der Waals surface area contributed by atoms with Gasteiger partial charge in [-0.15, -0.1) is 17.5 Å². The molecule has 2 aliphatic heterocycles. The topological polar surface area (TPSA) is 63.1 Å². The largest absolute Gasteiger partial charge is 0.337 e. The van der Waals surface area contributed by atoms with Crippen LogP contribution in [-0.2, 0) is 6.54 Å². The Labute approximate surface area is 131 Å². The van der Waals surface area contributed by atoms with Crippen LogP contribution in [0.1, 0.15) is 30.8 Å². The second-order valence-corrected chi connectivity index (χ2v) is 6.44. The van der Waals surface area contributed by atoms with Crippen LogP contribution in [0.15, 0.2) is 6.20 Å². The number of halogens is 1.